The van der Waals surface area contributed by atoms with Gasteiger partial charge in [0.15, 0.2) is 0 Å². The van der Waals surface area contributed by atoms with E-state index in [-0.39, 0.29) is 37.8 Å². The van der Waals surface area contributed by atoms with Crippen molar-refractivity contribution in [2.45, 2.75) is 38.1 Å². The summed E-state index contributed by atoms with van der Waals surface area (Å²) in [4.78, 5) is 37.7. The third-order valence-electron chi connectivity index (χ3n) is 5.77. The molecule has 3 rings (SSSR count). The SMILES string of the molecule is C#CCC(NC(=O)OCC1c2ccccc2-c2ccccc21)C(=O)N(CC)CCCC(=O)O. The van der Waals surface area contributed by atoms with Crippen LogP contribution in [0, 0.1) is 12.3 Å². The summed E-state index contributed by atoms with van der Waals surface area (Å²) in [5, 5.41) is 11.4. The van der Waals surface area contributed by atoms with E-state index in [0.29, 0.717) is 13.0 Å². The predicted molar refractivity (Wildman–Crippen MR) is 125 cm³/mol. The molecule has 0 bridgehead atoms. The minimum atomic E-state index is -0.935. The third kappa shape index (κ3) is 5.72. The van der Waals surface area contributed by atoms with Gasteiger partial charge < -0.3 is 20.1 Å². The molecular weight excluding hydrogens is 420 g/mol. The largest absolute Gasteiger partial charge is 0.481 e. The molecule has 2 aromatic rings. The maximum atomic E-state index is 12.9. The van der Waals surface area contributed by atoms with Crippen LogP contribution in [-0.4, -0.2) is 53.7 Å². The van der Waals surface area contributed by atoms with E-state index < -0.39 is 18.1 Å². The zero-order valence-corrected chi connectivity index (χ0v) is 18.6. The number of fused-ring (bicyclic) bond motifs is 3. The molecule has 1 unspecified atom stereocenters. The average molecular weight is 449 g/mol. The monoisotopic (exact) mass is 448 g/mol. The molecule has 2 amide bonds. The highest BCUT2D eigenvalue weighted by Crippen LogP contribution is 2.44. The van der Waals surface area contributed by atoms with Crippen LogP contribution in [-0.2, 0) is 14.3 Å². The summed E-state index contributed by atoms with van der Waals surface area (Å²) >= 11 is 0. The summed E-state index contributed by atoms with van der Waals surface area (Å²) in [6.45, 7) is 2.58. The summed E-state index contributed by atoms with van der Waals surface area (Å²) < 4.78 is 5.53. The van der Waals surface area contributed by atoms with Crippen molar-refractivity contribution in [2.24, 2.45) is 0 Å². The molecule has 2 N–H and O–H groups in total. The van der Waals surface area contributed by atoms with E-state index in [2.05, 4.69) is 23.4 Å². The van der Waals surface area contributed by atoms with Gasteiger partial charge in [-0.05, 0) is 35.6 Å². The molecule has 0 heterocycles. The van der Waals surface area contributed by atoms with Crippen molar-refractivity contribution in [3.63, 3.8) is 0 Å². The van der Waals surface area contributed by atoms with Crippen molar-refractivity contribution in [2.75, 3.05) is 19.7 Å². The van der Waals surface area contributed by atoms with Crippen molar-refractivity contribution in [1.29, 1.82) is 0 Å². The Bertz CT molecular complexity index is 1010. The van der Waals surface area contributed by atoms with Gasteiger partial charge in [-0.15, -0.1) is 12.3 Å². The smallest absolute Gasteiger partial charge is 0.407 e. The zero-order chi connectivity index (χ0) is 23.8. The van der Waals surface area contributed by atoms with E-state index in [4.69, 9.17) is 16.3 Å². The maximum Gasteiger partial charge on any atom is 0.407 e. The molecule has 0 saturated heterocycles. The molecule has 1 atom stereocenters. The number of carboxylic acids is 1. The fourth-order valence-electron chi connectivity index (χ4n) is 4.17. The first-order valence-electron chi connectivity index (χ1n) is 11.0. The Morgan fingerprint density at radius 3 is 2.27 bits per heavy atom. The van der Waals surface area contributed by atoms with Gasteiger partial charge in [0.1, 0.15) is 12.6 Å². The minimum Gasteiger partial charge on any atom is -0.481 e. The second kappa shape index (κ2) is 11.2. The van der Waals surface area contributed by atoms with Gasteiger partial charge >= 0.3 is 12.1 Å². The van der Waals surface area contributed by atoms with Gasteiger partial charge in [0.2, 0.25) is 5.91 Å². The number of benzene rings is 2. The average Bonchev–Trinajstić information content (AvgIpc) is 3.13. The Labute approximate surface area is 193 Å². The fourth-order valence-corrected chi connectivity index (χ4v) is 4.17. The van der Waals surface area contributed by atoms with Gasteiger partial charge in [0.25, 0.3) is 0 Å². The first-order chi connectivity index (χ1) is 16.0. The van der Waals surface area contributed by atoms with Crippen LogP contribution in [0.25, 0.3) is 11.1 Å². The Balaban J connectivity index is 1.63. The lowest BCUT2D eigenvalue weighted by atomic mass is 9.98. The Kier molecular flexibility index (Phi) is 8.09. The molecule has 1 aliphatic carbocycles. The van der Waals surface area contributed by atoms with Crippen molar-refractivity contribution < 1.29 is 24.2 Å². The third-order valence-corrected chi connectivity index (χ3v) is 5.77. The highest BCUT2D eigenvalue weighted by Gasteiger charge is 2.30. The van der Waals surface area contributed by atoms with E-state index in [0.717, 1.165) is 22.3 Å². The Morgan fingerprint density at radius 1 is 1.12 bits per heavy atom. The molecule has 172 valence electrons. The van der Waals surface area contributed by atoms with E-state index in [1.165, 1.54) is 4.90 Å². The number of carboxylic acid groups (broad SMARTS) is 1. The Hall–Kier alpha value is -3.79. The molecule has 7 nitrogen and oxygen atoms in total. The van der Waals surface area contributed by atoms with Crippen molar-refractivity contribution >= 4 is 18.0 Å². The number of carbonyl (C=O) groups is 3. The van der Waals surface area contributed by atoms with E-state index in [1.807, 2.05) is 36.4 Å². The zero-order valence-electron chi connectivity index (χ0n) is 18.6. The van der Waals surface area contributed by atoms with Gasteiger partial charge in [-0.2, -0.15) is 0 Å². The lowest BCUT2D eigenvalue weighted by Crippen LogP contribution is -2.49. The number of likely N-dealkylation sites (N-methyl/N-ethyl adjacent to an activating group) is 1. The van der Waals surface area contributed by atoms with Crippen LogP contribution in [0.5, 0.6) is 0 Å². The van der Waals surface area contributed by atoms with Gasteiger partial charge in [0, 0.05) is 31.8 Å². The number of carbonyl (C=O) groups excluding carboxylic acids is 2. The summed E-state index contributed by atoms with van der Waals surface area (Å²) in [7, 11) is 0. The molecule has 0 fully saturated rings. The quantitative estimate of drug-likeness (QED) is 0.541. The number of nitrogens with zero attached hydrogens (tertiary/aromatic N) is 1. The summed E-state index contributed by atoms with van der Waals surface area (Å²) in [6.07, 6.45) is 4.99. The number of amides is 2. The van der Waals surface area contributed by atoms with Crippen molar-refractivity contribution in [1.82, 2.24) is 10.2 Å². The van der Waals surface area contributed by atoms with Gasteiger partial charge in [-0.3, -0.25) is 9.59 Å². The minimum absolute atomic E-state index is 0.0124. The number of alkyl carbamates (subject to hydrolysis) is 1. The van der Waals surface area contributed by atoms with Crippen LogP contribution in [0.2, 0.25) is 0 Å². The lowest BCUT2D eigenvalue weighted by Gasteiger charge is -2.26. The molecule has 33 heavy (non-hydrogen) atoms. The van der Waals surface area contributed by atoms with Gasteiger partial charge in [0.05, 0.1) is 0 Å². The molecule has 2 aromatic carbocycles. The fraction of sp³-hybridized carbons (Fsp3) is 0.346. The molecule has 0 aliphatic heterocycles. The summed E-state index contributed by atoms with van der Waals surface area (Å²) in [5.74, 6) is 1.06. The van der Waals surface area contributed by atoms with Crippen molar-refractivity contribution in [3.05, 3.63) is 59.7 Å². The number of nitrogens with one attached hydrogen (secondary N) is 1. The van der Waals surface area contributed by atoms with Crippen LogP contribution >= 0.6 is 0 Å². The molecular formula is C26H28N2O5. The molecule has 7 heteroatoms. The number of rotatable bonds is 10. The van der Waals surface area contributed by atoms with Crippen LogP contribution in [0.3, 0.4) is 0 Å². The topological polar surface area (TPSA) is 95.9 Å². The molecule has 0 saturated carbocycles. The van der Waals surface area contributed by atoms with Crippen LogP contribution in [0.1, 0.15) is 43.2 Å². The Morgan fingerprint density at radius 2 is 1.73 bits per heavy atom. The van der Waals surface area contributed by atoms with E-state index in [1.54, 1.807) is 6.92 Å². The number of aliphatic carboxylic acids is 1. The van der Waals surface area contributed by atoms with Gasteiger partial charge in [-0.1, -0.05) is 48.5 Å². The number of terminal acetylenes is 1. The first kappa shape index (κ1) is 23.9. The first-order valence-corrected chi connectivity index (χ1v) is 11.0. The molecule has 0 aromatic heterocycles. The second-order valence-corrected chi connectivity index (χ2v) is 7.85. The number of hydrogen-bond acceptors (Lipinski definition) is 4. The van der Waals surface area contributed by atoms with Gasteiger partial charge in [-0.25, -0.2) is 4.79 Å². The highest BCUT2D eigenvalue weighted by molar-refractivity contribution is 5.86. The highest BCUT2D eigenvalue weighted by atomic mass is 16.5. The number of hydrogen-bond donors (Lipinski definition) is 2. The molecule has 1 aliphatic rings. The molecule has 0 spiro atoms. The summed E-state index contributed by atoms with van der Waals surface area (Å²) in [5.41, 5.74) is 4.45. The second-order valence-electron chi connectivity index (χ2n) is 7.85. The van der Waals surface area contributed by atoms with E-state index in [9.17, 15) is 14.4 Å². The van der Waals surface area contributed by atoms with Crippen LogP contribution in [0.4, 0.5) is 4.79 Å². The lowest BCUT2D eigenvalue weighted by molar-refractivity contribution is -0.138. The van der Waals surface area contributed by atoms with Crippen LogP contribution < -0.4 is 5.32 Å². The number of ether oxygens (including phenoxy) is 1. The molecule has 0 radical (unpaired) electrons. The standard InChI is InChI=1S/C26H28N2O5/c1-3-10-23(25(31)28(4-2)16-9-15-24(29)30)27-26(32)33-17-22-20-13-7-5-11-18(20)19-12-6-8-14-21(19)22/h1,5-8,11-14,22-23H,4,9-10,15-17H2,2H3,(H,27,32)(H,29,30). The normalized spacial score (nSPS) is 12.7. The van der Waals surface area contributed by atoms with Crippen molar-refractivity contribution in [3.8, 4) is 23.5 Å². The summed E-state index contributed by atoms with van der Waals surface area (Å²) in [6, 6.07) is 15.1. The maximum absolute atomic E-state index is 12.9. The predicted octanol–water partition coefficient (Wildman–Crippen LogP) is 3.63. The van der Waals surface area contributed by atoms with Crippen LogP contribution in [0.15, 0.2) is 48.5 Å². The van der Waals surface area contributed by atoms with E-state index >= 15 is 0 Å².